The van der Waals surface area contributed by atoms with Crippen LogP contribution in [0.1, 0.15) is 0 Å². The van der Waals surface area contributed by atoms with Crippen molar-refractivity contribution >= 4 is 33.8 Å². The van der Waals surface area contributed by atoms with Gasteiger partial charge >= 0.3 is 6.01 Å². The molecule has 0 amide bonds. The second-order valence-corrected chi connectivity index (χ2v) is 7.08. The van der Waals surface area contributed by atoms with Gasteiger partial charge in [-0.25, -0.2) is 22.7 Å². The van der Waals surface area contributed by atoms with Gasteiger partial charge in [-0.1, -0.05) is 0 Å². The quantitative estimate of drug-likeness (QED) is 0.318. The maximum atomic E-state index is 14.1. The smallest absolute Gasteiger partial charge is 0.311 e. The average Bonchev–Trinajstić information content (AvgIpc) is 3.02. The largest absolute Gasteiger partial charge is 0.422 e. The van der Waals surface area contributed by atoms with E-state index in [1.54, 1.807) is 31.3 Å². The summed E-state index contributed by atoms with van der Waals surface area (Å²) in [6.45, 7) is 0. The molecule has 0 bridgehead atoms. The van der Waals surface area contributed by atoms with Crippen molar-refractivity contribution in [2.45, 2.75) is 0 Å². The van der Waals surface area contributed by atoms with E-state index in [1.807, 2.05) is 0 Å². The molecule has 0 aliphatic rings. The summed E-state index contributed by atoms with van der Waals surface area (Å²) < 4.78 is 49.7. The van der Waals surface area contributed by atoms with E-state index in [2.05, 4.69) is 32.6 Å². The molecule has 0 saturated carbocycles. The van der Waals surface area contributed by atoms with E-state index in [1.165, 1.54) is 10.9 Å². The van der Waals surface area contributed by atoms with E-state index in [0.29, 0.717) is 17.8 Å². The van der Waals surface area contributed by atoms with Gasteiger partial charge in [-0.05, 0) is 46.9 Å². The van der Waals surface area contributed by atoms with Crippen molar-refractivity contribution in [1.29, 1.82) is 0 Å². The third-order valence-corrected chi connectivity index (χ3v) is 4.68. The van der Waals surface area contributed by atoms with Crippen molar-refractivity contribution in [3.63, 3.8) is 0 Å². The van der Waals surface area contributed by atoms with Gasteiger partial charge in [0, 0.05) is 22.8 Å². The molecule has 0 N–H and O–H groups in total. The number of benzene rings is 2. The van der Waals surface area contributed by atoms with Crippen LogP contribution < -0.4 is 10.3 Å². The second kappa shape index (κ2) is 6.93. The Balaban J connectivity index is 1.97. The Morgan fingerprint density at radius 2 is 1.71 bits per heavy atom. The van der Waals surface area contributed by atoms with Gasteiger partial charge in [0.1, 0.15) is 0 Å². The molecule has 0 aliphatic carbocycles. The molecule has 2 heterocycles. The first-order valence-corrected chi connectivity index (χ1v) is 8.95. The molecule has 0 aliphatic heterocycles. The van der Waals surface area contributed by atoms with E-state index in [0.717, 1.165) is 8.14 Å². The number of fused-ring (bicyclic) bond motifs is 1. The van der Waals surface area contributed by atoms with Crippen molar-refractivity contribution in [2.75, 3.05) is 0 Å². The highest BCUT2D eigenvalue weighted by atomic mass is 127. The number of aromatic nitrogens is 4. The topological polar surface area (TPSA) is 61.9 Å². The molecular weight excluding hydrogens is 488 g/mol. The van der Waals surface area contributed by atoms with Crippen LogP contribution in [0.4, 0.5) is 13.2 Å². The number of aryl methyl sites for hydroxylation is 1. The highest BCUT2D eigenvalue weighted by Crippen LogP contribution is 2.27. The van der Waals surface area contributed by atoms with Crippen LogP contribution in [-0.4, -0.2) is 19.1 Å². The van der Waals surface area contributed by atoms with E-state index in [4.69, 9.17) is 4.74 Å². The van der Waals surface area contributed by atoms with Gasteiger partial charge in [0.15, 0.2) is 34.4 Å². The van der Waals surface area contributed by atoms with Crippen LogP contribution >= 0.6 is 22.6 Å². The highest BCUT2D eigenvalue weighted by Gasteiger charge is 2.20. The van der Waals surface area contributed by atoms with Crippen LogP contribution in [0.25, 0.3) is 16.9 Å². The number of rotatable bonds is 3. The minimum atomic E-state index is -1.35. The highest BCUT2D eigenvalue weighted by molar-refractivity contribution is 14.1. The van der Waals surface area contributed by atoms with Crippen LogP contribution in [0.2, 0.25) is 0 Å². The average molecular weight is 498 g/mol. The Bertz CT molecular complexity index is 1270. The van der Waals surface area contributed by atoms with Crippen LogP contribution in [0.15, 0.2) is 47.5 Å². The lowest BCUT2D eigenvalue weighted by atomic mass is 10.3. The van der Waals surface area contributed by atoms with Crippen LogP contribution in [0.5, 0.6) is 11.8 Å². The molecule has 142 valence electrons. The van der Waals surface area contributed by atoms with E-state index in [9.17, 15) is 18.0 Å². The summed E-state index contributed by atoms with van der Waals surface area (Å²) in [6, 6.07) is 7.41. The summed E-state index contributed by atoms with van der Waals surface area (Å²) in [4.78, 5) is 21.3. The fourth-order valence-electron chi connectivity index (χ4n) is 2.61. The third kappa shape index (κ3) is 3.13. The summed E-state index contributed by atoms with van der Waals surface area (Å²) in [5.74, 6) is -4.38. The lowest BCUT2D eigenvalue weighted by molar-refractivity contribution is 0.388. The van der Waals surface area contributed by atoms with Gasteiger partial charge in [0.25, 0.3) is 5.56 Å². The number of imidazole rings is 1. The summed E-state index contributed by atoms with van der Waals surface area (Å²) in [5.41, 5.74) is 0.122. The molecule has 10 heteroatoms. The van der Waals surface area contributed by atoms with Crippen molar-refractivity contribution in [3.05, 3.63) is 74.1 Å². The number of hydrogen-bond donors (Lipinski definition) is 0. The Morgan fingerprint density at radius 1 is 1.04 bits per heavy atom. The van der Waals surface area contributed by atoms with Gasteiger partial charge < -0.3 is 9.30 Å². The summed E-state index contributed by atoms with van der Waals surface area (Å²) >= 11 is 2.10. The predicted molar refractivity (Wildman–Crippen MR) is 103 cm³/mol. The maximum absolute atomic E-state index is 14.1. The number of nitrogens with zero attached hydrogens (tertiary/aromatic N) is 4. The minimum Gasteiger partial charge on any atom is -0.422 e. The molecule has 0 saturated heterocycles. The molecule has 0 fully saturated rings. The second-order valence-electron chi connectivity index (χ2n) is 5.84. The number of hydrogen-bond acceptors (Lipinski definition) is 4. The molecule has 6 nitrogen and oxygen atoms in total. The van der Waals surface area contributed by atoms with Crippen molar-refractivity contribution in [2.24, 2.45) is 7.05 Å². The monoisotopic (exact) mass is 498 g/mol. The Labute approximate surface area is 169 Å². The van der Waals surface area contributed by atoms with E-state index >= 15 is 0 Å². The first-order valence-electron chi connectivity index (χ1n) is 7.87. The van der Waals surface area contributed by atoms with Crippen molar-refractivity contribution < 1.29 is 17.9 Å². The molecule has 0 atom stereocenters. The van der Waals surface area contributed by atoms with Gasteiger partial charge in [-0.2, -0.15) is 4.98 Å². The van der Waals surface area contributed by atoms with Crippen molar-refractivity contribution in [3.8, 4) is 17.4 Å². The molecular formula is C18H10F3IN4O2. The first-order chi connectivity index (χ1) is 13.3. The van der Waals surface area contributed by atoms with Gasteiger partial charge in [0.2, 0.25) is 0 Å². The van der Waals surface area contributed by atoms with Crippen LogP contribution in [0.3, 0.4) is 0 Å². The van der Waals surface area contributed by atoms with Gasteiger partial charge in [-0.15, -0.1) is 0 Å². The van der Waals surface area contributed by atoms with Gasteiger partial charge in [0.05, 0.1) is 12.0 Å². The third-order valence-electron chi connectivity index (χ3n) is 3.97. The summed E-state index contributed by atoms with van der Waals surface area (Å²) in [5, 5.41) is 0. The SMILES string of the molecule is Cn1cnc2c(=O)n(-c3ccc(I)cc3)c(Oc3cc(F)c(F)cc3F)nc21. The lowest BCUT2D eigenvalue weighted by Gasteiger charge is -2.13. The fraction of sp³-hybridized carbons (Fsp3) is 0.0556. The van der Waals surface area contributed by atoms with Crippen molar-refractivity contribution in [1.82, 2.24) is 19.1 Å². The molecule has 0 spiro atoms. The van der Waals surface area contributed by atoms with Crippen LogP contribution in [-0.2, 0) is 7.05 Å². The summed E-state index contributed by atoms with van der Waals surface area (Å²) in [7, 11) is 1.62. The Morgan fingerprint density at radius 3 is 2.43 bits per heavy atom. The van der Waals surface area contributed by atoms with Gasteiger partial charge in [-0.3, -0.25) is 4.79 Å². The minimum absolute atomic E-state index is 0.0826. The van der Waals surface area contributed by atoms with E-state index < -0.39 is 28.8 Å². The molecule has 2 aromatic carbocycles. The van der Waals surface area contributed by atoms with E-state index in [-0.39, 0.29) is 17.2 Å². The predicted octanol–water partition coefficient (Wildman–Crippen LogP) is 3.93. The molecule has 0 radical (unpaired) electrons. The molecule has 4 rings (SSSR count). The lowest BCUT2D eigenvalue weighted by Crippen LogP contribution is -2.22. The molecule has 28 heavy (non-hydrogen) atoms. The molecule has 2 aromatic heterocycles. The fourth-order valence-corrected chi connectivity index (χ4v) is 2.97. The zero-order chi connectivity index (χ0) is 20.0. The first kappa shape index (κ1) is 18.5. The zero-order valence-corrected chi connectivity index (χ0v) is 16.3. The van der Waals surface area contributed by atoms with Crippen LogP contribution in [0, 0.1) is 21.0 Å². The Hall–Kier alpha value is -2.89. The molecule has 0 unspecified atom stereocenters. The standard InChI is InChI=1S/C18H10F3IN4O2/c1-25-8-23-15-16(25)24-18(28-14-7-12(20)11(19)6-13(14)21)26(17(15)27)10-4-2-9(22)3-5-10/h2-8H,1H3. The maximum Gasteiger partial charge on any atom is 0.311 e. The number of ether oxygens (including phenoxy) is 1. The summed E-state index contributed by atoms with van der Waals surface area (Å²) in [6.07, 6.45) is 1.40. The zero-order valence-electron chi connectivity index (χ0n) is 14.2. The molecule has 4 aromatic rings. The number of halogens is 4. The normalized spacial score (nSPS) is 11.2. The Kier molecular flexibility index (Phi) is 4.57.